The maximum atomic E-state index is 11.2. The predicted molar refractivity (Wildman–Crippen MR) is 68.1 cm³/mol. The van der Waals surface area contributed by atoms with Crippen LogP contribution in [-0.4, -0.2) is 24.4 Å². The van der Waals surface area contributed by atoms with Gasteiger partial charge in [-0.3, -0.25) is 4.79 Å². The van der Waals surface area contributed by atoms with Crippen molar-refractivity contribution in [2.24, 2.45) is 0 Å². The molecule has 0 aliphatic rings. The summed E-state index contributed by atoms with van der Waals surface area (Å²) in [7, 11) is 0. The normalized spacial score (nSPS) is 9.88. The molecule has 0 spiro atoms. The van der Waals surface area contributed by atoms with Gasteiger partial charge in [0.1, 0.15) is 5.75 Å². The topological polar surface area (TPSA) is 38.3 Å². The molecule has 0 unspecified atom stereocenters. The number of alkyl halides is 1. The molecule has 1 aromatic carbocycles. The quantitative estimate of drug-likeness (QED) is 0.815. The van der Waals surface area contributed by atoms with E-state index >= 15 is 0 Å². The van der Waals surface area contributed by atoms with Crippen LogP contribution in [0.2, 0.25) is 0 Å². The first-order valence-electron chi connectivity index (χ1n) is 5.24. The Hall–Kier alpha value is -1.03. The van der Waals surface area contributed by atoms with Crippen molar-refractivity contribution in [2.45, 2.75) is 13.3 Å². The van der Waals surface area contributed by atoms with Crippen molar-refractivity contribution < 1.29 is 9.53 Å². The third-order valence-electron chi connectivity index (χ3n) is 2.00. The first-order valence-corrected chi connectivity index (χ1v) is 6.36. The van der Waals surface area contributed by atoms with E-state index in [1.807, 2.05) is 31.2 Å². The van der Waals surface area contributed by atoms with E-state index in [-0.39, 0.29) is 5.91 Å². The van der Waals surface area contributed by atoms with Crippen molar-refractivity contribution in [2.75, 3.05) is 18.5 Å². The number of aryl methyl sites for hydroxylation is 1. The van der Waals surface area contributed by atoms with Crippen LogP contribution >= 0.6 is 15.9 Å². The Morgan fingerprint density at radius 3 is 3.00 bits per heavy atom. The van der Waals surface area contributed by atoms with E-state index in [0.717, 1.165) is 16.6 Å². The highest BCUT2D eigenvalue weighted by Gasteiger charge is 2.00. The number of carbonyl (C=O) groups is 1. The Morgan fingerprint density at radius 2 is 2.31 bits per heavy atom. The molecule has 0 radical (unpaired) electrons. The highest BCUT2D eigenvalue weighted by Crippen LogP contribution is 2.12. The largest absolute Gasteiger partial charge is 0.493 e. The highest BCUT2D eigenvalue weighted by atomic mass is 79.9. The van der Waals surface area contributed by atoms with Gasteiger partial charge in [0.05, 0.1) is 13.0 Å². The van der Waals surface area contributed by atoms with Gasteiger partial charge in [-0.05, 0) is 24.6 Å². The standard InChI is InChI=1S/C12H16BrNO2/c1-10-3-2-4-11(9-10)16-8-5-12(15)14-7-6-13/h2-4,9H,5-8H2,1H3,(H,14,15). The lowest BCUT2D eigenvalue weighted by molar-refractivity contribution is -0.121. The summed E-state index contributed by atoms with van der Waals surface area (Å²) in [6.45, 7) is 3.08. The van der Waals surface area contributed by atoms with Gasteiger partial charge in [-0.25, -0.2) is 0 Å². The van der Waals surface area contributed by atoms with Crippen molar-refractivity contribution in [1.82, 2.24) is 5.32 Å². The Morgan fingerprint density at radius 1 is 1.50 bits per heavy atom. The Bertz CT molecular complexity index is 342. The van der Waals surface area contributed by atoms with E-state index in [2.05, 4.69) is 21.2 Å². The van der Waals surface area contributed by atoms with Gasteiger partial charge in [-0.15, -0.1) is 0 Å². The van der Waals surface area contributed by atoms with Gasteiger partial charge >= 0.3 is 0 Å². The molecule has 0 aromatic heterocycles. The van der Waals surface area contributed by atoms with Crippen LogP contribution in [0.15, 0.2) is 24.3 Å². The van der Waals surface area contributed by atoms with Crippen LogP contribution in [-0.2, 0) is 4.79 Å². The number of amides is 1. The summed E-state index contributed by atoms with van der Waals surface area (Å²) >= 11 is 3.24. The SMILES string of the molecule is Cc1cccc(OCCC(=O)NCCBr)c1. The molecule has 1 N–H and O–H groups in total. The number of hydrogen-bond acceptors (Lipinski definition) is 2. The van der Waals surface area contributed by atoms with Crippen LogP contribution in [0.4, 0.5) is 0 Å². The average Bonchev–Trinajstić information content (AvgIpc) is 2.26. The molecule has 0 aliphatic carbocycles. The Kier molecular flexibility index (Phi) is 5.93. The zero-order valence-corrected chi connectivity index (χ0v) is 10.9. The van der Waals surface area contributed by atoms with Gasteiger partial charge in [-0.2, -0.15) is 0 Å². The van der Waals surface area contributed by atoms with Gasteiger partial charge in [0.25, 0.3) is 0 Å². The second-order valence-corrected chi connectivity index (χ2v) is 4.25. The first-order chi connectivity index (χ1) is 7.72. The number of nitrogens with one attached hydrogen (secondary N) is 1. The van der Waals surface area contributed by atoms with Crippen LogP contribution in [0.3, 0.4) is 0 Å². The third-order valence-corrected chi connectivity index (χ3v) is 2.40. The summed E-state index contributed by atoms with van der Waals surface area (Å²) in [5.74, 6) is 0.834. The molecular formula is C12H16BrNO2. The van der Waals surface area contributed by atoms with Gasteiger partial charge in [0.15, 0.2) is 0 Å². The average molecular weight is 286 g/mol. The molecule has 0 aliphatic heterocycles. The Balaban J connectivity index is 2.22. The molecule has 1 aromatic rings. The first kappa shape index (κ1) is 13.0. The van der Waals surface area contributed by atoms with E-state index < -0.39 is 0 Å². The minimum Gasteiger partial charge on any atom is -0.493 e. The van der Waals surface area contributed by atoms with Crippen LogP contribution in [0, 0.1) is 6.92 Å². The summed E-state index contributed by atoms with van der Waals surface area (Å²) in [4.78, 5) is 11.2. The van der Waals surface area contributed by atoms with E-state index in [9.17, 15) is 4.79 Å². The Labute approximate surface area is 104 Å². The number of hydrogen-bond donors (Lipinski definition) is 1. The molecular weight excluding hydrogens is 270 g/mol. The van der Waals surface area contributed by atoms with Crippen molar-refractivity contribution in [1.29, 1.82) is 0 Å². The van der Waals surface area contributed by atoms with Gasteiger partial charge < -0.3 is 10.1 Å². The van der Waals surface area contributed by atoms with E-state index in [1.54, 1.807) is 0 Å². The summed E-state index contributed by atoms with van der Waals surface area (Å²) in [6, 6.07) is 7.80. The fourth-order valence-electron chi connectivity index (χ4n) is 1.24. The predicted octanol–water partition coefficient (Wildman–Crippen LogP) is 2.28. The summed E-state index contributed by atoms with van der Waals surface area (Å²) in [6.07, 6.45) is 0.390. The molecule has 16 heavy (non-hydrogen) atoms. The number of carbonyl (C=O) groups excluding carboxylic acids is 1. The number of ether oxygens (including phenoxy) is 1. The van der Waals surface area contributed by atoms with Gasteiger partial charge in [0.2, 0.25) is 5.91 Å². The molecule has 1 amide bonds. The van der Waals surface area contributed by atoms with E-state index in [0.29, 0.717) is 19.6 Å². The zero-order chi connectivity index (χ0) is 11.8. The lowest BCUT2D eigenvalue weighted by Crippen LogP contribution is -2.26. The van der Waals surface area contributed by atoms with E-state index in [1.165, 1.54) is 0 Å². The molecule has 0 saturated carbocycles. The molecule has 3 nitrogen and oxygen atoms in total. The third kappa shape index (κ3) is 5.16. The second kappa shape index (κ2) is 7.28. The molecule has 88 valence electrons. The zero-order valence-electron chi connectivity index (χ0n) is 9.33. The van der Waals surface area contributed by atoms with Crippen molar-refractivity contribution >= 4 is 21.8 Å². The monoisotopic (exact) mass is 285 g/mol. The lowest BCUT2D eigenvalue weighted by Gasteiger charge is -2.06. The number of rotatable bonds is 6. The maximum absolute atomic E-state index is 11.2. The maximum Gasteiger partial charge on any atom is 0.223 e. The molecule has 0 atom stereocenters. The number of benzene rings is 1. The van der Waals surface area contributed by atoms with Crippen LogP contribution in [0.5, 0.6) is 5.75 Å². The molecule has 0 fully saturated rings. The van der Waals surface area contributed by atoms with Crippen molar-refractivity contribution in [3.63, 3.8) is 0 Å². The van der Waals surface area contributed by atoms with Crippen LogP contribution in [0.25, 0.3) is 0 Å². The molecule has 0 bridgehead atoms. The molecule has 0 heterocycles. The fourth-order valence-corrected chi connectivity index (χ4v) is 1.44. The van der Waals surface area contributed by atoms with Crippen molar-refractivity contribution in [3.05, 3.63) is 29.8 Å². The summed E-state index contributed by atoms with van der Waals surface area (Å²) < 4.78 is 5.46. The van der Waals surface area contributed by atoms with Gasteiger partial charge in [-0.1, -0.05) is 28.1 Å². The highest BCUT2D eigenvalue weighted by molar-refractivity contribution is 9.09. The summed E-state index contributed by atoms with van der Waals surface area (Å²) in [5, 5.41) is 3.54. The lowest BCUT2D eigenvalue weighted by atomic mass is 10.2. The van der Waals surface area contributed by atoms with Crippen LogP contribution < -0.4 is 10.1 Å². The molecule has 4 heteroatoms. The van der Waals surface area contributed by atoms with E-state index in [4.69, 9.17) is 4.74 Å². The molecule has 0 saturated heterocycles. The van der Waals surface area contributed by atoms with Gasteiger partial charge in [0, 0.05) is 11.9 Å². The second-order valence-electron chi connectivity index (χ2n) is 3.45. The molecule has 1 rings (SSSR count). The van der Waals surface area contributed by atoms with Crippen LogP contribution in [0.1, 0.15) is 12.0 Å². The van der Waals surface area contributed by atoms with Crippen molar-refractivity contribution in [3.8, 4) is 5.75 Å². The minimum atomic E-state index is 0.0205. The number of halogens is 1. The summed E-state index contributed by atoms with van der Waals surface area (Å²) in [5.41, 5.74) is 1.15. The minimum absolute atomic E-state index is 0.0205. The smallest absolute Gasteiger partial charge is 0.223 e. The fraction of sp³-hybridized carbons (Fsp3) is 0.417.